The number of nitrogens with zero attached hydrogens (tertiary/aromatic N) is 2. The standard InChI is InChI=1S/C21H24N4O.CO2/c1-14-13-17(22)21-18(24-14)5-4-6-19(21)26-16-10-8-15(9-11-16)25-20-7-2-3-12-23-20;2-1-3/h2-7,12-13,15-16H,8-11H2,1H3,(H2,22,24)(H,23,25);. The number of hydrogen-bond acceptors (Lipinski definition) is 7. The molecule has 0 spiro atoms. The van der Waals surface area contributed by atoms with Crippen molar-refractivity contribution < 1.29 is 14.3 Å². The summed E-state index contributed by atoms with van der Waals surface area (Å²) in [4.78, 5) is 25.2. The van der Waals surface area contributed by atoms with Gasteiger partial charge >= 0.3 is 6.15 Å². The van der Waals surface area contributed by atoms with Crippen LogP contribution in [-0.2, 0) is 9.59 Å². The number of ether oxygens (including phenoxy) is 1. The lowest BCUT2D eigenvalue weighted by Gasteiger charge is -2.30. The third kappa shape index (κ3) is 5.30. The van der Waals surface area contributed by atoms with Gasteiger partial charge in [0.25, 0.3) is 0 Å². The first-order valence-electron chi connectivity index (χ1n) is 9.60. The Balaban J connectivity index is 0.000000755. The number of nitrogens with two attached hydrogens (primary N) is 1. The molecule has 0 atom stereocenters. The second-order valence-corrected chi connectivity index (χ2v) is 7.04. The summed E-state index contributed by atoms with van der Waals surface area (Å²) in [5.74, 6) is 1.79. The predicted molar refractivity (Wildman–Crippen MR) is 110 cm³/mol. The molecule has 1 saturated carbocycles. The number of nitrogens with one attached hydrogen (secondary N) is 1. The van der Waals surface area contributed by atoms with Crippen molar-refractivity contribution >= 4 is 28.6 Å². The number of aryl methyl sites for hydroxylation is 1. The van der Waals surface area contributed by atoms with E-state index in [4.69, 9.17) is 20.1 Å². The Kier molecular flexibility index (Phi) is 6.76. The third-order valence-electron chi connectivity index (χ3n) is 4.94. The first-order chi connectivity index (χ1) is 14.1. The van der Waals surface area contributed by atoms with Gasteiger partial charge in [0.1, 0.15) is 11.6 Å². The molecular formula is C22H24N4O3. The average Bonchev–Trinajstić information content (AvgIpc) is 2.70. The molecule has 0 amide bonds. The quantitative estimate of drug-likeness (QED) is 0.696. The van der Waals surface area contributed by atoms with Gasteiger partial charge in [-0.2, -0.15) is 9.59 Å². The topological polar surface area (TPSA) is 107 Å². The Hall–Kier alpha value is -3.44. The number of aromatic nitrogens is 2. The van der Waals surface area contributed by atoms with E-state index in [1.165, 1.54) is 0 Å². The Morgan fingerprint density at radius 3 is 2.55 bits per heavy atom. The van der Waals surface area contributed by atoms with E-state index in [1.807, 2.05) is 55.6 Å². The lowest BCUT2D eigenvalue weighted by Crippen LogP contribution is -2.31. The maximum absolute atomic E-state index is 8.12. The molecule has 150 valence electrons. The Morgan fingerprint density at radius 1 is 1.10 bits per heavy atom. The van der Waals surface area contributed by atoms with Gasteiger partial charge in [-0.1, -0.05) is 12.1 Å². The molecule has 1 aromatic carbocycles. The van der Waals surface area contributed by atoms with E-state index in [-0.39, 0.29) is 12.3 Å². The summed E-state index contributed by atoms with van der Waals surface area (Å²) in [7, 11) is 0. The number of nitrogen functional groups attached to an aromatic ring is 1. The zero-order valence-electron chi connectivity index (χ0n) is 16.3. The molecule has 3 N–H and O–H groups in total. The van der Waals surface area contributed by atoms with Crippen molar-refractivity contribution in [2.24, 2.45) is 0 Å². The van der Waals surface area contributed by atoms with Gasteiger partial charge < -0.3 is 15.8 Å². The highest BCUT2D eigenvalue weighted by atomic mass is 16.5. The van der Waals surface area contributed by atoms with Crippen LogP contribution in [0.15, 0.2) is 48.7 Å². The lowest BCUT2D eigenvalue weighted by atomic mass is 9.93. The first-order valence-corrected chi connectivity index (χ1v) is 9.60. The van der Waals surface area contributed by atoms with Crippen molar-refractivity contribution in [3.05, 3.63) is 54.4 Å². The van der Waals surface area contributed by atoms with Gasteiger partial charge in [0.05, 0.1) is 17.0 Å². The van der Waals surface area contributed by atoms with E-state index in [0.29, 0.717) is 6.04 Å². The van der Waals surface area contributed by atoms with Gasteiger partial charge in [0, 0.05) is 23.6 Å². The molecule has 0 aliphatic heterocycles. The smallest absolute Gasteiger partial charge is 0.373 e. The molecule has 7 nitrogen and oxygen atoms in total. The fraction of sp³-hybridized carbons (Fsp3) is 0.318. The minimum Gasteiger partial charge on any atom is -0.490 e. The summed E-state index contributed by atoms with van der Waals surface area (Å²) in [5, 5.41) is 4.44. The van der Waals surface area contributed by atoms with Crippen LogP contribution in [0.3, 0.4) is 0 Å². The van der Waals surface area contributed by atoms with Gasteiger partial charge in [-0.15, -0.1) is 0 Å². The van der Waals surface area contributed by atoms with Crippen molar-refractivity contribution in [1.82, 2.24) is 9.97 Å². The van der Waals surface area contributed by atoms with Crippen molar-refractivity contribution in [3.63, 3.8) is 0 Å². The maximum atomic E-state index is 8.12. The van der Waals surface area contributed by atoms with E-state index in [9.17, 15) is 0 Å². The molecule has 0 bridgehead atoms. The summed E-state index contributed by atoms with van der Waals surface area (Å²) >= 11 is 0. The Morgan fingerprint density at radius 2 is 1.86 bits per heavy atom. The zero-order valence-corrected chi connectivity index (χ0v) is 16.3. The first kappa shape index (κ1) is 20.3. The monoisotopic (exact) mass is 392 g/mol. The van der Waals surface area contributed by atoms with Crippen LogP contribution in [0, 0.1) is 6.92 Å². The van der Waals surface area contributed by atoms with Crippen LogP contribution >= 0.6 is 0 Å². The van der Waals surface area contributed by atoms with E-state index in [2.05, 4.69) is 15.3 Å². The van der Waals surface area contributed by atoms with Crippen LogP contribution in [0.25, 0.3) is 10.9 Å². The van der Waals surface area contributed by atoms with E-state index >= 15 is 0 Å². The number of hydrogen-bond donors (Lipinski definition) is 2. The van der Waals surface area contributed by atoms with Gasteiger partial charge in [0.2, 0.25) is 0 Å². The van der Waals surface area contributed by atoms with Crippen LogP contribution in [-0.4, -0.2) is 28.3 Å². The molecular weight excluding hydrogens is 368 g/mol. The van der Waals surface area contributed by atoms with E-state index in [1.54, 1.807) is 0 Å². The molecule has 1 aliphatic carbocycles. The van der Waals surface area contributed by atoms with Gasteiger partial charge in [-0.05, 0) is 62.9 Å². The molecule has 7 heteroatoms. The molecule has 0 radical (unpaired) electrons. The fourth-order valence-corrected chi connectivity index (χ4v) is 3.68. The predicted octanol–water partition coefficient (Wildman–Crippen LogP) is 3.74. The molecule has 29 heavy (non-hydrogen) atoms. The van der Waals surface area contributed by atoms with Crippen molar-refractivity contribution in [1.29, 1.82) is 0 Å². The number of fused-ring (bicyclic) bond motifs is 1. The summed E-state index contributed by atoms with van der Waals surface area (Å²) in [6.07, 6.45) is 6.44. The average molecular weight is 392 g/mol. The van der Waals surface area contributed by atoms with Gasteiger partial charge in [-0.3, -0.25) is 4.98 Å². The fourth-order valence-electron chi connectivity index (χ4n) is 3.68. The molecule has 1 aliphatic rings. The molecule has 1 fully saturated rings. The number of carbonyl (C=O) groups excluding carboxylic acids is 2. The van der Waals surface area contributed by atoms with Crippen LogP contribution in [0.4, 0.5) is 11.5 Å². The van der Waals surface area contributed by atoms with E-state index in [0.717, 1.165) is 59.5 Å². The molecule has 0 unspecified atom stereocenters. The second-order valence-electron chi connectivity index (χ2n) is 7.04. The second kappa shape index (κ2) is 9.66. The minimum atomic E-state index is 0.211. The van der Waals surface area contributed by atoms with Crippen LogP contribution in [0.1, 0.15) is 31.4 Å². The summed E-state index contributed by atoms with van der Waals surface area (Å²) in [6, 6.07) is 14.3. The van der Waals surface area contributed by atoms with Gasteiger partial charge in [0.15, 0.2) is 0 Å². The highest BCUT2D eigenvalue weighted by Crippen LogP contribution is 2.33. The van der Waals surface area contributed by atoms with Crippen LogP contribution in [0.2, 0.25) is 0 Å². The number of benzene rings is 1. The van der Waals surface area contributed by atoms with Crippen LogP contribution in [0.5, 0.6) is 5.75 Å². The highest BCUT2D eigenvalue weighted by molar-refractivity contribution is 5.95. The van der Waals surface area contributed by atoms with Crippen LogP contribution < -0.4 is 15.8 Å². The molecule has 3 aromatic rings. The van der Waals surface area contributed by atoms with Gasteiger partial charge in [-0.25, -0.2) is 4.98 Å². The number of pyridine rings is 2. The maximum Gasteiger partial charge on any atom is 0.373 e. The summed E-state index contributed by atoms with van der Waals surface area (Å²) in [6.45, 7) is 1.96. The molecule has 2 heterocycles. The third-order valence-corrected chi connectivity index (χ3v) is 4.94. The summed E-state index contributed by atoms with van der Waals surface area (Å²) < 4.78 is 6.32. The highest BCUT2D eigenvalue weighted by Gasteiger charge is 2.23. The minimum absolute atomic E-state index is 0.211. The number of rotatable bonds is 4. The Labute approximate surface area is 169 Å². The molecule has 2 aromatic heterocycles. The molecule has 0 saturated heterocycles. The van der Waals surface area contributed by atoms with Crippen molar-refractivity contribution in [2.75, 3.05) is 11.1 Å². The largest absolute Gasteiger partial charge is 0.490 e. The zero-order chi connectivity index (χ0) is 20.6. The van der Waals surface area contributed by atoms with E-state index < -0.39 is 0 Å². The molecule has 4 rings (SSSR count). The SMILES string of the molecule is Cc1cc(N)c2c(OC3CCC(Nc4ccccn4)CC3)cccc2n1.O=C=O. The summed E-state index contributed by atoms with van der Waals surface area (Å²) in [5.41, 5.74) is 8.78. The lowest BCUT2D eigenvalue weighted by molar-refractivity contribution is -0.191. The van der Waals surface area contributed by atoms with Crippen molar-refractivity contribution in [2.45, 2.75) is 44.8 Å². The normalized spacial score (nSPS) is 18.2. The number of anilines is 2. The van der Waals surface area contributed by atoms with Crippen molar-refractivity contribution in [3.8, 4) is 5.75 Å². The Bertz CT molecular complexity index is 980.